The van der Waals surface area contributed by atoms with Crippen molar-refractivity contribution in [1.29, 1.82) is 0 Å². The fraction of sp³-hybridized carbons (Fsp3) is 0.196. The monoisotopic (exact) mass is 814 g/mol. The van der Waals surface area contributed by atoms with Crippen molar-refractivity contribution in [2.75, 3.05) is 6.61 Å². The average molecular weight is 815 g/mol. The molecule has 0 spiro atoms. The highest BCUT2D eigenvalue weighted by atomic mass is 16.7. The van der Waals surface area contributed by atoms with Crippen LogP contribution in [0.25, 0.3) is 11.0 Å². The lowest BCUT2D eigenvalue weighted by atomic mass is 9.97. The molecule has 5 atom stereocenters. The highest BCUT2D eigenvalue weighted by molar-refractivity contribution is 5.92. The first-order valence-electron chi connectivity index (χ1n) is 18.8. The maximum atomic E-state index is 13.9. The zero-order chi connectivity index (χ0) is 42.2. The summed E-state index contributed by atoms with van der Waals surface area (Å²) in [6.07, 6.45) is -8.49. The van der Waals surface area contributed by atoms with Crippen LogP contribution in [0.2, 0.25) is 0 Å². The van der Waals surface area contributed by atoms with Crippen molar-refractivity contribution in [3.8, 4) is 17.2 Å². The summed E-state index contributed by atoms with van der Waals surface area (Å²) in [5.74, 6) is -4.23. The maximum Gasteiger partial charge on any atom is 0.383 e. The Balaban J connectivity index is 1.32. The van der Waals surface area contributed by atoms with Gasteiger partial charge < -0.3 is 42.7 Å². The van der Waals surface area contributed by atoms with Crippen LogP contribution in [0, 0.1) is 0 Å². The molecule has 0 amide bonds. The molecular formula is C46H38O14. The van der Waals surface area contributed by atoms with Crippen LogP contribution in [-0.4, -0.2) is 72.4 Å². The van der Waals surface area contributed by atoms with E-state index in [1.807, 2.05) is 0 Å². The van der Waals surface area contributed by atoms with Gasteiger partial charge in [-0.3, -0.25) is 0 Å². The number of fused-ring (bicyclic) bond motifs is 1. The first kappa shape index (κ1) is 40.7. The molecule has 7 rings (SSSR count). The van der Waals surface area contributed by atoms with Gasteiger partial charge in [-0.25, -0.2) is 24.0 Å². The molecular weight excluding hydrogens is 776 g/mol. The van der Waals surface area contributed by atoms with Gasteiger partial charge in [-0.2, -0.15) is 0 Å². The molecule has 0 saturated carbocycles. The van der Waals surface area contributed by atoms with Gasteiger partial charge in [-0.15, -0.1) is 0 Å². The molecule has 0 aliphatic carbocycles. The molecule has 0 unspecified atom stereocenters. The molecule has 1 aliphatic heterocycles. The van der Waals surface area contributed by atoms with Crippen molar-refractivity contribution in [3.63, 3.8) is 0 Å². The van der Waals surface area contributed by atoms with E-state index in [0.717, 1.165) is 0 Å². The zero-order valence-corrected chi connectivity index (χ0v) is 32.2. The van der Waals surface area contributed by atoms with Crippen LogP contribution in [0.15, 0.2) is 149 Å². The molecule has 2 heterocycles. The summed E-state index contributed by atoms with van der Waals surface area (Å²) in [4.78, 5) is 67.6. The third kappa shape index (κ3) is 9.46. The van der Waals surface area contributed by atoms with Gasteiger partial charge in [-0.1, -0.05) is 72.8 Å². The van der Waals surface area contributed by atoms with Gasteiger partial charge in [0, 0.05) is 6.07 Å². The molecule has 0 bridgehead atoms. The molecule has 306 valence electrons. The van der Waals surface area contributed by atoms with Crippen molar-refractivity contribution in [2.45, 2.75) is 50.7 Å². The van der Waals surface area contributed by atoms with Crippen LogP contribution < -0.4 is 15.1 Å². The number of hydrogen-bond donors (Lipinski definition) is 1. The van der Waals surface area contributed by atoms with E-state index in [1.165, 1.54) is 54.6 Å². The number of aromatic hydroxyl groups is 1. The van der Waals surface area contributed by atoms with Crippen molar-refractivity contribution >= 4 is 34.8 Å². The summed E-state index contributed by atoms with van der Waals surface area (Å²) in [6, 6.07) is 36.0. The van der Waals surface area contributed by atoms with Crippen LogP contribution in [-0.2, 0) is 23.7 Å². The molecule has 60 heavy (non-hydrogen) atoms. The zero-order valence-electron chi connectivity index (χ0n) is 32.2. The van der Waals surface area contributed by atoms with Crippen molar-refractivity contribution in [3.05, 3.63) is 172 Å². The van der Waals surface area contributed by atoms with Gasteiger partial charge in [-0.05, 0) is 74.5 Å². The van der Waals surface area contributed by atoms with Gasteiger partial charge in [0.2, 0.25) is 18.1 Å². The van der Waals surface area contributed by atoms with Crippen LogP contribution >= 0.6 is 0 Å². The van der Waals surface area contributed by atoms with Crippen molar-refractivity contribution in [1.82, 2.24) is 0 Å². The number of carbonyl (C=O) groups is 4. The first-order valence-corrected chi connectivity index (χ1v) is 18.8. The summed E-state index contributed by atoms with van der Waals surface area (Å²) in [5.41, 5.74) is -0.489. The van der Waals surface area contributed by atoms with E-state index in [0.29, 0.717) is 0 Å². The number of esters is 4. The third-order valence-corrected chi connectivity index (χ3v) is 9.15. The molecule has 5 aromatic carbocycles. The van der Waals surface area contributed by atoms with Gasteiger partial charge in [0.1, 0.15) is 24.0 Å². The van der Waals surface area contributed by atoms with Gasteiger partial charge in [0.05, 0.1) is 33.7 Å². The SMILES string of the molecule is CC(C)Oc1c(O)c2ccc(O[C@@H]3O[C@H](COC(=O)c4ccccc4)[C@@H](OC(=O)c4ccccc4)[C@H](OC(=O)c4ccccc4)[C@H]3OC(=O)c3ccccc3)cc2oc1=O. The second-order valence-corrected chi connectivity index (χ2v) is 13.7. The van der Waals surface area contributed by atoms with Gasteiger partial charge in [0.25, 0.3) is 0 Å². The molecule has 14 heteroatoms. The Kier molecular flexibility index (Phi) is 12.5. The Morgan fingerprint density at radius 3 is 1.58 bits per heavy atom. The van der Waals surface area contributed by atoms with Crippen molar-refractivity contribution in [2.24, 2.45) is 0 Å². The first-order chi connectivity index (χ1) is 29.0. The van der Waals surface area contributed by atoms with E-state index in [1.54, 1.807) is 98.8 Å². The molecule has 1 saturated heterocycles. The molecule has 1 aromatic heterocycles. The lowest BCUT2D eigenvalue weighted by molar-refractivity contribution is -0.275. The Morgan fingerprint density at radius 1 is 0.617 bits per heavy atom. The summed E-state index contributed by atoms with van der Waals surface area (Å²) in [7, 11) is 0. The largest absolute Gasteiger partial charge is 0.504 e. The molecule has 1 fully saturated rings. The van der Waals surface area contributed by atoms with Crippen LogP contribution in [0.5, 0.6) is 17.2 Å². The van der Waals surface area contributed by atoms with E-state index in [2.05, 4.69) is 0 Å². The second-order valence-electron chi connectivity index (χ2n) is 13.7. The minimum Gasteiger partial charge on any atom is -0.504 e. The van der Waals surface area contributed by atoms with Gasteiger partial charge in [0.15, 0.2) is 18.0 Å². The number of ether oxygens (including phenoxy) is 7. The lowest BCUT2D eigenvalue weighted by Crippen LogP contribution is -2.63. The number of benzene rings is 5. The average Bonchev–Trinajstić information content (AvgIpc) is 3.27. The second kappa shape index (κ2) is 18.4. The van der Waals surface area contributed by atoms with Crippen LogP contribution in [0.1, 0.15) is 55.3 Å². The highest BCUT2D eigenvalue weighted by Gasteiger charge is 2.54. The minimum absolute atomic E-state index is 0.0266. The molecule has 1 N–H and O–H groups in total. The standard InChI is InChI=1S/C46H38O14/c1-27(2)54-38-36(47)33-24-23-32(25-34(33)56-45(38)52)55-46-40(60-44(51)31-21-13-6-14-22-31)39(59-43(50)30-19-11-5-12-20-30)37(58-42(49)29-17-9-4-10-18-29)35(57-46)26-53-41(48)28-15-7-3-8-16-28/h3-25,27,35,37,39-40,46-47H,26H2,1-2H3/t35-,37-,39+,40-,46-/m1/s1. The Morgan fingerprint density at radius 2 is 1.08 bits per heavy atom. The van der Waals surface area contributed by atoms with Crippen LogP contribution in [0.4, 0.5) is 0 Å². The maximum absolute atomic E-state index is 13.9. The Bertz CT molecular complexity index is 2510. The van der Waals surface area contributed by atoms with Crippen molar-refractivity contribution < 1.29 is 61.9 Å². The normalized spacial score (nSPS) is 18.6. The summed E-state index contributed by atoms with van der Waals surface area (Å²) in [5, 5.41) is 11.0. The molecule has 14 nitrogen and oxygen atoms in total. The van der Waals surface area contributed by atoms with E-state index >= 15 is 0 Å². The lowest BCUT2D eigenvalue weighted by Gasteiger charge is -2.44. The quantitative estimate of drug-likeness (QED) is 0.0720. The Hall–Kier alpha value is -7.45. The predicted molar refractivity (Wildman–Crippen MR) is 213 cm³/mol. The Labute approximate surface area is 342 Å². The molecule has 1 aliphatic rings. The van der Waals surface area contributed by atoms with E-state index < -0.39 is 78.7 Å². The minimum atomic E-state index is -1.68. The number of rotatable bonds is 13. The highest BCUT2D eigenvalue weighted by Crippen LogP contribution is 2.36. The van der Waals surface area contributed by atoms with Gasteiger partial charge >= 0.3 is 29.5 Å². The fourth-order valence-electron chi connectivity index (χ4n) is 6.32. The van der Waals surface area contributed by atoms with E-state index in [4.69, 9.17) is 37.6 Å². The third-order valence-electron chi connectivity index (χ3n) is 9.15. The number of carbonyl (C=O) groups excluding carboxylic acids is 4. The topological polar surface area (TPSA) is 183 Å². The predicted octanol–water partition coefficient (Wildman–Crippen LogP) is 6.92. The summed E-state index contributed by atoms with van der Waals surface area (Å²) >= 11 is 0. The van der Waals surface area contributed by atoms with E-state index in [9.17, 15) is 29.1 Å². The fourth-order valence-corrected chi connectivity index (χ4v) is 6.32. The number of hydrogen-bond acceptors (Lipinski definition) is 14. The van der Waals surface area contributed by atoms with E-state index in [-0.39, 0.29) is 44.7 Å². The summed E-state index contributed by atoms with van der Waals surface area (Å²) < 4.78 is 47.6. The van der Waals surface area contributed by atoms with Crippen LogP contribution in [0.3, 0.4) is 0 Å². The molecule has 6 aromatic rings. The molecule has 0 radical (unpaired) electrons. The summed E-state index contributed by atoms with van der Waals surface area (Å²) in [6.45, 7) is 2.79. The smallest absolute Gasteiger partial charge is 0.383 e.